The molecule has 0 saturated carbocycles. The largest absolute Gasteiger partial charge is 0.475 e. The zero-order chi connectivity index (χ0) is 14.3. The van der Waals surface area contributed by atoms with Crippen molar-refractivity contribution in [2.24, 2.45) is 0 Å². The minimum atomic E-state index is -1.15. The van der Waals surface area contributed by atoms with Crippen molar-refractivity contribution >= 4 is 11.9 Å². The van der Waals surface area contributed by atoms with Crippen LogP contribution in [-0.4, -0.2) is 58.5 Å². The highest BCUT2D eigenvalue weighted by Gasteiger charge is 2.37. The van der Waals surface area contributed by atoms with Gasteiger partial charge in [0.15, 0.2) is 5.76 Å². The molecule has 2 atom stereocenters. The van der Waals surface area contributed by atoms with Crippen molar-refractivity contribution < 1.29 is 19.1 Å². The zero-order valence-corrected chi connectivity index (χ0v) is 11.4. The van der Waals surface area contributed by atoms with Crippen molar-refractivity contribution in [2.45, 2.75) is 31.8 Å². The lowest BCUT2D eigenvalue weighted by molar-refractivity contribution is 0.0365. The molecule has 20 heavy (non-hydrogen) atoms. The standard InChI is InChI=1S/C14H18N2O4/c1-9-7-15-6-2-3-10(15)8-16(9)13(17)11-4-5-12(20-11)14(18)19/h4-5,9-10H,2-3,6-8H2,1H3,(H,18,19). The molecule has 1 amide bonds. The predicted molar refractivity (Wildman–Crippen MR) is 70.8 cm³/mol. The summed E-state index contributed by atoms with van der Waals surface area (Å²) in [6.07, 6.45) is 2.30. The number of fused-ring (bicyclic) bond motifs is 1. The van der Waals surface area contributed by atoms with Crippen LogP contribution in [0.1, 0.15) is 40.9 Å². The number of hydrogen-bond acceptors (Lipinski definition) is 4. The summed E-state index contributed by atoms with van der Waals surface area (Å²) in [5.41, 5.74) is 0. The summed E-state index contributed by atoms with van der Waals surface area (Å²) in [6.45, 7) is 4.71. The van der Waals surface area contributed by atoms with Gasteiger partial charge in [-0.3, -0.25) is 9.69 Å². The summed E-state index contributed by atoms with van der Waals surface area (Å²) in [7, 11) is 0. The number of piperazine rings is 1. The molecule has 3 rings (SSSR count). The lowest BCUT2D eigenvalue weighted by Gasteiger charge is -2.41. The summed E-state index contributed by atoms with van der Waals surface area (Å²) in [6, 6.07) is 3.32. The fourth-order valence-corrected chi connectivity index (χ4v) is 3.18. The van der Waals surface area contributed by atoms with Crippen LogP contribution >= 0.6 is 0 Å². The summed E-state index contributed by atoms with van der Waals surface area (Å²) in [5.74, 6) is -1.45. The lowest BCUT2D eigenvalue weighted by Crippen LogP contribution is -2.56. The Bertz CT molecular complexity index is 539. The maximum absolute atomic E-state index is 12.5. The molecule has 0 aromatic carbocycles. The van der Waals surface area contributed by atoms with E-state index in [-0.39, 0.29) is 23.5 Å². The van der Waals surface area contributed by atoms with Gasteiger partial charge in [-0.2, -0.15) is 0 Å². The van der Waals surface area contributed by atoms with E-state index in [0.717, 1.165) is 19.5 Å². The first-order valence-corrected chi connectivity index (χ1v) is 6.94. The Balaban J connectivity index is 1.77. The van der Waals surface area contributed by atoms with E-state index in [4.69, 9.17) is 9.52 Å². The maximum Gasteiger partial charge on any atom is 0.371 e. The molecule has 3 heterocycles. The number of carboxylic acid groups (broad SMARTS) is 1. The molecule has 1 aromatic heterocycles. The third-order valence-electron chi connectivity index (χ3n) is 4.23. The molecule has 0 aliphatic carbocycles. The average molecular weight is 278 g/mol. The quantitative estimate of drug-likeness (QED) is 0.882. The molecule has 2 unspecified atom stereocenters. The Morgan fingerprint density at radius 2 is 2.05 bits per heavy atom. The van der Waals surface area contributed by atoms with E-state index in [1.807, 2.05) is 6.92 Å². The number of amides is 1. The Kier molecular flexibility index (Phi) is 3.25. The molecule has 1 N–H and O–H groups in total. The van der Waals surface area contributed by atoms with Gasteiger partial charge >= 0.3 is 5.97 Å². The molecular formula is C14H18N2O4. The van der Waals surface area contributed by atoms with E-state index in [1.165, 1.54) is 18.6 Å². The topological polar surface area (TPSA) is 74.0 Å². The fourth-order valence-electron chi connectivity index (χ4n) is 3.18. The Hall–Kier alpha value is -1.82. The van der Waals surface area contributed by atoms with Crippen LogP contribution in [0.25, 0.3) is 0 Å². The predicted octanol–water partition coefficient (Wildman–Crippen LogP) is 1.29. The average Bonchev–Trinajstić information content (AvgIpc) is 3.05. The van der Waals surface area contributed by atoms with E-state index in [2.05, 4.69) is 4.90 Å². The summed E-state index contributed by atoms with van der Waals surface area (Å²) in [4.78, 5) is 27.5. The second-order valence-corrected chi connectivity index (χ2v) is 5.57. The lowest BCUT2D eigenvalue weighted by atomic mass is 10.1. The third-order valence-corrected chi connectivity index (χ3v) is 4.23. The van der Waals surface area contributed by atoms with E-state index in [9.17, 15) is 9.59 Å². The number of rotatable bonds is 2. The number of carboxylic acids is 1. The normalized spacial score (nSPS) is 26.6. The number of furan rings is 1. The second-order valence-electron chi connectivity index (χ2n) is 5.57. The minimum absolute atomic E-state index is 0.112. The summed E-state index contributed by atoms with van der Waals surface area (Å²) >= 11 is 0. The monoisotopic (exact) mass is 278 g/mol. The number of carbonyl (C=O) groups is 2. The first kappa shape index (κ1) is 13.2. The van der Waals surface area contributed by atoms with Crippen LogP contribution in [0, 0.1) is 0 Å². The van der Waals surface area contributed by atoms with Gasteiger partial charge in [0.25, 0.3) is 5.91 Å². The summed E-state index contributed by atoms with van der Waals surface area (Å²) < 4.78 is 5.12. The van der Waals surface area contributed by atoms with Crippen molar-refractivity contribution in [1.29, 1.82) is 0 Å². The molecule has 2 aliphatic heterocycles. The van der Waals surface area contributed by atoms with Gasteiger partial charge in [0.05, 0.1) is 0 Å². The molecule has 6 nitrogen and oxygen atoms in total. The van der Waals surface area contributed by atoms with Gasteiger partial charge in [-0.05, 0) is 38.4 Å². The fraction of sp³-hybridized carbons (Fsp3) is 0.571. The number of hydrogen-bond donors (Lipinski definition) is 1. The highest BCUT2D eigenvalue weighted by molar-refractivity contribution is 5.93. The van der Waals surface area contributed by atoms with Crippen LogP contribution in [0.3, 0.4) is 0 Å². The van der Waals surface area contributed by atoms with Gasteiger partial charge < -0.3 is 14.4 Å². The number of carbonyl (C=O) groups excluding carboxylic acids is 1. The van der Waals surface area contributed by atoms with Gasteiger partial charge in [0, 0.05) is 25.2 Å². The summed E-state index contributed by atoms with van der Waals surface area (Å²) in [5, 5.41) is 8.84. The highest BCUT2D eigenvalue weighted by atomic mass is 16.4. The van der Waals surface area contributed by atoms with Crippen LogP contribution in [0.15, 0.2) is 16.5 Å². The van der Waals surface area contributed by atoms with E-state index in [0.29, 0.717) is 12.6 Å². The first-order valence-electron chi connectivity index (χ1n) is 6.94. The second kappa shape index (κ2) is 4.94. The molecule has 6 heteroatoms. The Morgan fingerprint density at radius 3 is 2.75 bits per heavy atom. The van der Waals surface area contributed by atoms with Gasteiger partial charge in [-0.15, -0.1) is 0 Å². The number of aromatic carboxylic acids is 1. The maximum atomic E-state index is 12.5. The van der Waals surface area contributed by atoms with Crippen molar-refractivity contribution in [2.75, 3.05) is 19.6 Å². The van der Waals surface area contributed by atoms with Crippen LogP contribution in [0.4, 0.5) is 0 Å². The Labute approximate surface area is 117 Å². The zero-order valence-electron chi connectivity index (χ0n) is 11.4. The smallest absolute Gasteiger partial charge is 0.371 e. The van der Waals surface area contributed by atoms with Gasteiger partial charge in [0.1, 0.15) is 0 Å². The van der Waals surface area contributed by atoms with Crippen LogP contribution in [-0.2, 0) is 0 Å². The molecule has 0 radical (unpaired) electrons. The molecule has 0 spiro atoms. The molecule has 1 aromatic rings. The van der Waals surface area contributed by atoms with Crippen LogP contribution in [0.2, 0.25) is 0 Å². The number of nitrogens with zero attached hydrogens (tertiary/aromatic N) is 2. The molecule has 0 bridgehead atoms. The van der Waals surface area contributed by atoms with Gasteiger partial charge in [-0.1, -0.05) is 0 Å². The van der Waals surface area contributed by atoms with Crippen LogP contribution < -0.4 is 0 Å². The van der Waals surface area contributed by atoms with Crippen molar-refractivity contribution in [3.63, 3.8) is 0 Å². The molecule has 2 fully saturated rings. The molecular weight excluding hydrogens is 260 g/mol. The van der Waals surface area contributed by atoms with Gasteiger partial charge in [0.2, 0.25) is 5.76 Å². The van der Waals surface area contributed by atoms with Crippen molar-refractivity contribution in [1.82, 2.24) is 9.80 Å². The van der Waals surface area contributed by atoms with E-state index in [1.54, 1.807) is 4.90 Å². The van der Waals surface area contributed by atoms with Crippen molar-refractivity contribution in [3.8, 4) is 0 Å². The van der Waals surface area contributed by atoms with E-state index >= 15 is 0 Å². The first-order chi connectivity index (χ1) is 9.56. The Morgan fingerprint density at radius 1 is 1.30 bits per heavy atom. The molecule has 108 valence electrons. The third kappa shape index (κ3) is 2.20. The SMILES string of the molecule is CC1CN2CCCC2CN1C(=O)c1ccc(C(=O)O)o1. The molecule has 2 aliphatic rings. The van der Waals surface area contributed by atoms with Crippen molar-refractivity contribution in [3.05, 3.63) is 23.7 Å². The van der Waals surface area contributed by atoms with E-state index < -0.39 is 5.97 Å². The van der Waals surface area contributed by atoms with Crippen LogP contribution in [0.5, 0.6) is 0 Å². The molecule has 2 saturated heterocycles. The van der Waals surface area contributed by atoms with Gasteiger partial charge in [-0.25, -0.2) is 4.79 Å². The minimum Gasteiger partial charge on any atom is -0.475 e. The highest BCUT2D eigenvalue weighted by Crippen LogP contribution is 2.26.